The summed E-state index contributed by atoms with van der Waals surface area (Å²) in [6, 6.07) is 1.87. The van der Waals surface area contributed by atoms with E-state index in [2.05, 4.69) is 9.97 Å². The first-order valence-electron chi connectivity index (χ1n) is 5.77. The largest absolute Gasteiger partial charge is 0.477 e. The molecular formula is C13H14N2O2S. The third kappa shape index (κ3) is 2.41. The lowest BCUT2D eigenvalue weighted by atomic mass is 10.2. The molecule has 18 heavy (non-hydrogen) atoms. The van der Waals surface area contributed by atoms with Crippen LogP contribution < -0.4 is 0 Å². The van der Waals surface area contributed by atoms with Crippen LogP contribution >= 0.6 is 11.3 Å². The normalized spacial score (nSPS) is 10.6. The van der Waals surface area contributed by atoms with Crippen LogP contribution in [0.1, 0.15) is 34.3 Å². The molecule has 0 fully saturated rings. The first kappa shape index (κ1) is 12.7. The smallest absolute Gasteiger partial charge is 0.347 e. The van der Waals surface area contributed by atoms with E-state index in [4.69, 9.17) is 0 Å². The number of hydrogen-bond acceptors (Lipinski definition) is 4. The van der Waals surface area contributed by atoms with Crippen molar-refractivity contribution in [3.8, 4) is 10.6 Å². The van der Waals surface area contributed by atoms with Crippen molar-refractivity contribution in [3.63, 3.8) is 0 Å². The highest BCUT2D eigenvalue weighted by molar-refractivity contribution is 7.17. The van der Waals surface area contributed by atoms with Gasteiger partial charge in [-0.15, -0.1) is 11.3 Å². The number of rotatable bonds is 4. The van der Waals surface area contributed by atoms with Crippen molar-refractivity contribution in [3.05, 3.63) is 34.6 Å². The van der Waals surface area contributed by atoms with Gasteiger partial charge in [-0.25, -0.2) is 9.78 Å². The number of carboxylic acid groups (broad SMARTS) is 1. The van der Waals surface area contributed by atoms with Crippen LogP contribution in [-0.4, -0.2) is 21.0 Å². The van der Waals surface area contributed by atoms with E-state index in [1.165, 1.54) is 11.3 Å². The van der Waals surface area contributed by atoms with Crippen LogP contribution in [-0.2, 0) is 6.42 Å². The summed E-state index contributed by atoms with van der Waals surface area (Å²) in [5.74, 6) is -0.895. The highest BCUT2D eigenvalue weighted by Gasteiger charge is 2.18. The van der Waals surface area contributed by atoms with Crippen LogP contribution in [0.5, 0.6) is 0 Å². The first-order valence-corrected chi connectivity index (χ1v) is 6.59. The van der Waals surface area contributed by atoms with E-state index in [1.54, 1.807) is 12.4 Å². The van der Waals surface area contributed by atoms with Gasteiger partial charge in [-0.05, 0) is 25.0 Å². The van der Waals surface area contributed by atoms with Crippen LogP contribution in [0.15, 0.2) is 18.5 Å². The molecule has 2 heterocycles. The van der Waals surface area contributed by atoms with Crippen LogP contribution in [0.3, 0.4) is 0 Å². The zero-order valence-electron chi connectivity index (χ0n) is 10.3. The maximum absolute atomic E-state index is 11.2. The molecule has 0 aliphatic heterocycles. The topological polar surface area (TPSA) is 63.1 Å². The summed E-state index contributed by atoms with van der Waals surface area (Å²) in [6.45, 7) is 3.96. The van der Waals surface area contributed by atoms with E-state index < -0.39 is 5.97 Å². The van der Waals surface area contributed by atoms with Gasteiger partial charge in [-0.3, -0.25) is 4.98 Å². The predicted molar refractivity (Wildman–Crippen MR) is 71.0 cm³/mol. The molecule has 0 aromatic carbocycles. The van der Waals surface area contributed by atoms with Crippen LogP contribution in [0.25, 0.3) is 10.6 Å². The lowest BCUT2D eigenvalue weighted by Gasteiger charge is -1.99. The molecule has 2 rings (SSSR count). The summed E-state index contributed by atoms with van der Waals surface area (Å²) in [6.07, 6.45) is 5.04. The van der Waals surface area contributed by atoms with Gasteiger partial charge in [0.05, 0.1) is 5.69 Å². The van der Waals surface area contributed by atoms with E-state index in [0.29, 0.717) is 17.0 Å². The number of aromatic carboxylic acids is 1. The number of thiazole rings is 1. The molecule has 0 aliphatic rings. The second-order valence-corrected chi connectivity index (χ2v) is 5.04. The molecule has 0 amide bonds. The molecule has 0 unspecified atom stereocenters. The van der Waals surface area contributed by atoms with Crippen LogP contribution in [0.4, 0.5) is 0 Å². The zero-order chi connectivity index (χ0) is 13.1. The Morgan fingerprint density at radius 1 is 1.50 bits per heavy atom. The second kappa shape index (κ2) is 5.27. The molecule has 0 saturated heterocycles. The first-order chi connectivity index (χ1) is 8.63. The van der Waals surface area contributed by atoms with Crippen molar-refractivity contribution in [2.24, 2.45) is 0 Å². The van der Waals surface area contributed by atoms with Gasteiger partial charge in [-0.1, -0.05) is 13.3 Å². The molecule has 0 aliphatic carbocycles. The van der Waals surface area contributed by atoms with Gasteiger partial charge < -0.3 is 5.11 Å². The average molecular weight is 262 g/mol. The van der Waals surface area contributed by atoms with Gasteiger partial charge in [0.25, 0.3) is 0 Å². The number of aromatic nitrogens is 2. The number of nitrogens with zero attached hydrogens (tertiary/aromatic N) is 2. The van der Waals surface area contributed by atoms with Crippen molar-refractivity contribution in [1.29, 1.82) is 0 Å². The van der Waals surface area contributed by atoms with Crippen molar-refractivity contribution >= 4 is 17.3 Å². The Morgan fingerprint density at radius 2 is 2.28 bits per heavy atom. The fourth-order valence-corrected chi connectivity index (χ4v) is 2.79. The standard InChI is InChI=1S/C13H14N2O2S/c1-3-4-10-11(13(16)17)18-12(15-10)9-5-6-14-7-8(9)2/h5-7H,3-4H2,1-2H3,(H,16,17). The van der Waals surface area contributed by atoms with Crippen LogP contribution in [0.2, 0.25) is 0 Å². The van der Waals surface area contributed by atoms with E-state index in [0.717, 1.165) is 22.6 Å². The number of pyridine rings is 1. The number of aryl methyl sites for hydroxylation is 2. The van der Waals surface area contributed by atoms with Crippen molar-refractivity contribution in [1.82, 2.24) is 9.97 Å². The van der Waals surface area contributed by atoms with Gasteiger partial charge in [0.2, 0.25) is 0 Å². The van der Waals surface area contributed by atoms with Crippen molar-refractivity contribution in [2.75, 3.05) is 0 Å². The maximum Gasteiger partial charge on any atom is 0.347 e. The molecule has 0 saturated carbocycles. The van der Waals surface area contributed by atoms with Crippen molar-refractivity contribution in [2.45, 2.75) is 26.7 Å². The summed E-state index contributed by atoms with van der Waals surface area (Å²) in [7, 11) is 0. The Morgan fingerprint density at radius 3 is 2.89 bits per heavy atom. The van der Waals surface area contributed by atoms with Crippen molar-refractivity contribution < 1.29 is 9.90 Å². The Bertz CT molecular complexity index is 578. The lowest BCUT2D eigenvalue weighted by molar-refractivity contribution is 0.0700. The van der Waals surface area contributed by atoms with E-state index in [-0.39, 0.29) is 0 Å². The Balaban J connectivity index is 2.50. The number of hydrogen-bond donors (Lipinski definition) is 1. The Kier molecular flexibility index (Phi) is 3.72. The van der Waals surface area contributed by atoms with Gasteiger partial charge in [0.1, 0.15) is 9.88 Å². The third-order valence-electron chi connectivity index (χ3n) is 2.63. The molecule has 5 heteroatoms. The van der Waals surface area contributed by atoms with Gasteiger partial charge in [0, 0.05) is 18.0 Å². The summed E-state index contributed by atoms with van der Waals surface area (Å²) in [4.78, 5) is 20.0. The Labute approximate surface area is 109 Å². The molecule has 0 atom stereocenters. The maximum atomic E-state index is 11.2. The van der Waals surface area contributed by atoms with E-state index in [9.17, 15) is 9.90 Å². The molecule has 4 nitrogen and oxygen atoms in total. The number of carboxylic acids is 1. The average Bonchev–Trinajstić information content (AvgIpc) is 2.74. The number of carbonyl (C=O) groups is 1. The molecule has 2 aromatic rings. The van der Waals surface area contributed by atoms with E-state index in [1.807, 2.05) is 19.9 Å². The molecule has 0 spiro atoms. The highest BCUT2D eigenvalue weighted by Crippen LogP contribution is 2.30. The summed E-state index contributed by atoms with van der Waals surface area (Å²) < 4.78 is 0. The zero-order valence-corrected chi connectivity index (χ0v) is 11.1. The molecule has 2 aromatic heterocycles. The SMILES string of the molecule is CCCc1nc(-c2ccncc2C)sc1C(=O)O. The highest BCUT2D eigenvalue weighted by atomic mass is 32.1. The van der Waals surface area contributed by atoms with Gasteiger partial charge in [0.15, 0.2) is 0 Å². The minimum absolute atomic E-state index is 0.350. The molecule has 94 valence electrons. The predicted octanol–water partition coefficient (Wildman–Crippen LogP) is 3.16. The minimum atomic E-state index is -0.895. The summed E-state index contributed by atoms with van der Waals surface area (Å²) in [5.41, 5.74) is 2.65. The summed E-state index contributed by atoms with van der Waals surface area (Å²) in [5, 5.41) is 9.94. The van der Waals surface area contributed by atoms with E-state index >= 15 is 0 Å². The molecule has 0 radical (unpaired) electrons. The molecule has 1 N–H and O–H groups in total. The lowest BCUT2D eigenvalue weighted by Crippen LogP contribution is -1.98. The van der Waals surface area contributed by atoms with Gasteiger partial charge in [-0.2, -0.15) is 0 Å². The van der Waals surface area contributed by atoms with Gasteiger partial charge >= 0.3 is 5.97 Å². The monoisotopic (exact) mass is 262 g/mol. The fourth-order valence-electron chi connectivity index (χ4n) is 1.75. The molecule has 0 bridgehead atoms. The fraction of sp³-hybridized carbons (Fsp3) is 0.308. The molecular weight excluding hydrogens is 248 g/mol. The Hall–Kier alpha value is -1.75. The summed E-state index contributed by atoms with van der Waals surface area (Å²) >= 11 is 1.24. The quantitative estimate of drug-likeness (QED) is 0.919. The third-order valence-corrected chi connectivity index (χ3v) is 3.75. The second-order valence-electron chi connectivity index (χ2n) is 4.04. The minimum Gasteiger partial charge on any atom is -0.477 e. The van der Waals surface area contributed by atoms with Crippen LogP contribution in [0, 0.1) is 6.92 Å².